The SMILES string of the molecule is CC(C)Cc1nc(-c2ccc3c(c2)CCCN3)n(C)n1. The standard InChI is InChI=1S/C16H22N4/c1-11(2)9-15-18-16(20(3)19-15)13-6-7-14-12(10-13)5-4-8-17-14/h6-7,10-11,17H,4-5,8-9H2,1-3H3. The van der Waals surface area contributed by atoms with Crippen molar-refractivity contribution in [3.63, 3.8) is 0 Å². The summed E-state index contributed by atoms with van der Waals surface area (Å²) in [5.41, 5.74) is 3.82. The van der Waals surface area contributed by atoms with Crippen molar-refractivity contribution >= 4 is 5.69 Å². The predicted molar refractivity (Wildman–Crippen MR) is 81.8 cm³/mol. The normalized spacial score (nSPS) is 14.2. The van der Waals surface area contributed by atoms with Gasteiger partial charge in [0, 0.05) is 31.3 Å². The van der Waals surface area contributed by atoms with E-state index < -0.39 is 0 Å². The van der Waals surface area contributed by atoms with Crippen LogP contribution in [0, 0.1) is 5.92 Å². The molecule has 1 aliphatic rings. The Morgan fingerprint density at radius 3 is 3.00 bits per heavy atom. The summed E-state index contributed by atoms with van der Waals surface area (Å²) >= 11 is 0. The first-order valence-electron chi connectivity index (χ1n) is 7.40. The molecule has 4 nitrogen and oxygen atoms in total. The highest BCUT2D eigenvalue weighted by atomic mass is 15.3. The van der Waals surface area contributed by atoms with Crippen LogP contribution >= 0.6 is 0 Å². The zero-order valence-electron chi connectivity index (χ0n) is 12.5. The number of aryl methyl sites for hydroxylation is 2. The molecule has 0 unspecified atom stereocenters. The lowest BCUT2D eigenvalue weighted by Gasteiger charge is -2.18. The van der Waals surface area contributed by atoms with E-state index in [1.54, 1.807) is 0 Å². The molecule has 2 aromatic rings. The van der Waals surface area contributed by atoms with Gasteiger partial charge < -0.3 is 5.32 Å². The van der Waals surface area contributed by atoms with Crippen molar-refractivity contribution < 1.29 is 0 Å². The van der Waals surface area contributed by atoms with Crippen LogP contribution < -0.4 is 5.32 Å². The smallest absolute Gasteiger partial charge is 0.158 e. The van der Waals surface area contributed by atoms with Crippen LogP contribution in [0.25, 0.3) is 11.4 Å². The van der Waals surface area contributed by atoms with Gasteiger partial charge in [0.2, 0.25) is 0 Å². The van der Waals surface area contributed by atoms with Crippen molar-refractivity contribution in [1.82, 2.24) is 14.8 Å². The first kappa shape index (κ1) is 13.2. The molecule has 20 heavy (non-hydrogen) atoms. The fraction of sp³-hybridized carbons (Fsp3) is 0.500. The number of hydrogen-bond acceptors (Lipinski definition) is 3. The number of anilines is 1. The van der Waals surface area contributed by atoms with Gasteiger partial charge in [-0.1, -0.05) is 13.8 Å². The van der Waals surface area contributed by atoms with E-state index in [0.29, 0.717) is 5.92 Å². The van der Waals surface area contributed by atoms with Crippen LogP contribution in [-0.2, 0) is 19.9 Å². The molecule has 0 saturated heterocycles. The monoisotopic (exact) mass is 270 g/mol. The third-order valence-electron chi connectivity index (χ3n) is 3.70. The summed E-state index contributed by atoms with van der Waals surface area (Å²) in [4.78, 5) is 4.70. The van der Waals surface area contributed by atoms with Gasteiger partial charge in [-0.2, -0.15) is 5.10 Å². The average Bonchev–Trinajstić information content (AvgIpc) is 2.78. The van der Waals surface area contributed by atoms with Crippen LogP contribution in [0.2, 0.25) is 0 Å². The first-order chi connectivity index (χ1) is 9.63. The summed E-state index contributed by atoms with van der Waals surface area (Å²) in [6.45, 7) is 5.47. The van der Waals surface area contributed by atoms with Crippen LogP contribution in [0.1, 0.15) is 31.7 Å². The van der Waals surface area contributed by atoms with Gasteiger partial charge in [0.25, 0.3) is 0 Å². The highest BCUT2D eigenvalue weighted by molar-refractivity contribution is 5.64. The molecule has 0 radical (unpaired) electrons. The molecule has 0 atom stereocenters. The number of benzene rings is 1. The highest BCUT2D eigenvalue weighted by Gasteiger charge is 2.14. The first-order valence-corrected chi connectivity index (χ1v) is 7.40. The van der Waals surface area contributed by atoms with Gasteiger partial charge in [0.1, 0.15) is 0 Å². The molecule has 0 saturated carbocycles. The molecule has 0 bridgehead atoms. The lowest BCUT2D eigenvalue weighted by Crippen LogP contribution is -2.11. The van der Waals surface area contributed by atoms with E-state index in [1.165, 1.54) is 17.7 Å². The Kier molecular flexibility index (Phi) is 3.47. The quantitative estimate of drug-likeness (QED) is 0.932. The molecule has 0 amide bonds. The fourth-order valence-corrected chi connectivity index (χ4v) is 2.75. The van der Waals surface area contributed by atoms with Gasteiger partial charge >= 0.3 is 0 Å². The van der Waals surface area contributed by atoms with Crippen molar-refractivity contribution in [3.8, 4) is 11.4 Å². The molecule has 1 aliphatic heterocycles. The molecule has 106 valence electrons. The van der Waals surface area contributed by atoms with Crippen LogP contribution in [0.3, 0.4) is 0 Å². The molecule has 3 rings (SSSR count). The lowest BCUT2D eigenvalue weighted by atomic mass is 10.0. The van der Waals surface area contributed by atoms with E-state index in [4.69, 9.17) is 4.98 Å². The fourth-order valence-electron chi connectivity index (χ4n) is 2.75. The summed E-state index contributed by atoms with van der Waals surface area (Å²) in [5, 5.41) is 7.97. The van der Waals surface area contributed by atoms with E-state index in [0.717, 1.165) is 36.6 Å². The zero-order chi connectivity index (χ0) is 14.1. The summed E-state index contributed by atoms with van der Waals surface area (Å²) in [6, 6.07) is 6.56. The predicted octanol–water partition coefficient (Wildman–Crippen LogP) is 3.04. The second-order valence-corrected chi connectivity index (χ2v) is 5.98. The second-order valence-electron chi connectivity index (χ2n) is 5.98. The van der Waals surface area contributed by atoms with Gasteiger partial charge in [0.05, 0.1) is 0 Å². The molecule has 0 fully saturated rings. The summed E-state index contributed by atoms with van der Waals surface area (Å²) in [6.07, 6.45) is 3.28. The Hall–Kier alpha value is -1.84. The number of rotatable bonds is 3. The van der Waals surface area contributed by atoms with Crippen molar-refractivity contribution in [3.05, 3.63) is 29.6 Å². The molecular weight excluding hydrogens is 248 g/mol. The molecular formula is C16H22N4. The molecule has 4 heteroatoms. The average molecular weight is 270 g/mol. The minimum Gasteiger partial charge on any atom is -0.385 e. The van der Waals surface area contributed by atoms with Gasteiger partial charge in [-0.15, -0.1) is 0 Å². The van der Waals surface area contributed by atoms with Crippen LogP contribution in [-0.4, -0.2) is 21.3 Å². The van der Waals surface area contributed by atoms with Gasteiger partial charge in [0.15, 0.2) is 11.6 Å². The Morgan fingerprint density at radius 2 is 2.20 bits per heavy atom. The van der Waals surface area contributed by atoms with Crippen LogP contribution in [0.4, 0.5) is 5.69 Å². The van der Waals surface area contributed by atoms with Gasteiger partial charge in [-0.25, -0.2) is 9.67 Å². The number of fused-ring (bicyclic) bond motifs is 1. The number of nitrogens with one attached hydrogen (secondary N) is 1. The maximum absolute atomic E-state index is 4.70. The zero-order valence-corrected chi connectivity index (χ0v) is 12.5. The van der Waals surface area contributed by atoms with Crippen molar-refractivity contribution in [1.29, 1.82) is 0 Å². The Balaban J connectivity index is 1.94. The number of hydrogen-bond donors (Lipinski definition) is 1. The van der Waals surface area contributed by atoms with E-state index >= 15 is 0 Å². The maximum Gasteiger partial charge on any atom is 0.158 e. The molecule has 0 spiro atoms. The third kappa shape index (κ3) is 2.55. The molecule has 1 aromatic carbocycles. The molecule has 1 aromatic heterocycles. The van der Waals surface area contributed by atoms with E-state index in [9.17, 15) is 0 Å². The number of nitrogens with zero attached hydrogens (tertiary/aromatic N) is 3. The van der Waals surface area contributed by atoms with Gasteiger partial charge in [-0.05, 0) is 42.5 Å². The Morgan fingerprint density at radius 1 is 1.35 bits per heavy atom. The molecule has 1 N–H and O–H groups in total. The van der Waals surface area contributed by atoms with E-state index in [-0.39, 0.29) is 0 Å². The topological polar surface area (TPSA) is 42.7 Å². The maximum atomic E-state index is 4.70. The van der Waals surface area contributed by atoms with Crippen molar-refractivity contribution in [2.45, 2.75) is 33.1 Å². The van der Waals surface area contributed by atoms with Crippen LogP contribution in [0.15, 0.2) is 18.2 Å². The lowest BCUT2D eigenvalue weighted by molar-refractivity contribution is 0.613. The highest BCUT2D eigenvalue weighted by Crippen LogP contribution is 2.27. The molecule has 0 aliphatic carbocycles. The largest absolute Gasteiger partial charge is 0.385 e. The Labute approximate surface area is 120 Å². The van der Waals surface area contributed by atoms with Crippen LogP contribution in [0.5, 0.6) is 0 Å². The van der Waals surface area contributed by atoms with E-state index in [2.05, 4.69) is 42.5 Å². The third-order valence-corrected chi connectivity index (χ3v) is 3.70. The minimum atomic E-state index is 0.581. The Bertz CT molecular complexity index is 613. The molecule has 2 heterocycles. The number of aromatic nitrogens is 3. The second kappa shape index (κ2) is 5.27. The van der Waals surface area contributed by atoms with E-state index in [1.807, 2.05) is 11.7 Å². The summed E-state index contributed by atoms with van der Waals surface area (Å²) in [7, 11) is 1.98. The van der Waals surface area contributed by atoms with Crippen molar-refractivity contribution in [2.75, 3.05) is 11.9 Å². The van der Waals surface area contributed by atoms with Gasteiger partial charge in [-0.3, -0.25) is 0 Å². The minimum absolute atomic E-state index is 0.581. The summed E-state index contributed by atoms with van der Waals surface area (Å²) < 4.78 is 1.90. The summed E-state index contributed by atoms with van der Waals surface area (Å²) in [5.74, 6) is 2.49. The van der Waals surface area contributed by atoms with Crippen molar-refractivity contribution in [2.24, 2.45) is 13.0 Å².